The molecule has 0 aromatic carbocycles. The van der Waals surface area contributed by atoms with Gasteiger partial charge in [0.2, 0.25) is 0 Å². The Labute approximate surface area is 69.7 Å². The molecule has 0 rings (SSSR count). The summed E-state index contributed by atoms with van der Waals surface area (Å²) >= 11 is 1.50. The molecule has 35 valence electrons. The normalized spacial score (nSPS) is 3.67. The number of hydrogen-bond donors (Lipinski definition) is 0. The van der Waals surface area contributed by atoms with Crippen LogP contribution in [0.3, 0.4) is 0 Å². The van der Waals surface area contributed by atoms with E-state index in [9.17, 15) is 0 Å². The van der Waals surface area contributed by atoms with Crippen molar-refractivity contribution in [3.8, 4) is 0 Å². The predicted octanol–water partition coefficient (Wildman–Crippen LogP) is 1.74. The van der Waals surface area contributed by atoms with E-state index in [0.29, 0.717) is 0 Å². The summed E-state index contributed by atoms with van der Waals surface area (Å²) < 4.78 is 0. The molecule has 0 aliphatic carbocycles. The van der Waals surface area contributed by atoms with Crippen LogP contribution in [-0.4, -0.2) is 6.26 Å². The summed E-state index contributed by atoms with van der Waals surface area (Å²) in [6.07, 6.45) is 5.33. The smallest absolute Gasteiger partial charge is 0 e. The van der Waals surface area contributed by atoms with Crippen LogP contribution in [0.4, 0.5) is 0 Å². The van der Waals surface area contributed by atoms with Crippen LogP contribution in [0.1, 0.15) is 0 Å². The topological polar surface area (TPSA) is 0 Å². The second kappa shape index (κ2) is 34.7. The van der Waals surface area contributed by atoms with E-state index < -0.39 is 0 Å². The Bertz CT molecular complexity index is 11.5. The van der Waals surface area contributed by atoms with Crippen molar-refractivity contribution in [3.05, 3.63) is 19.4 Å². The molecule has 0 aliphatic rings. The SMILES string of the molecule is [CH-]=C.[CH2-]SC.[Y]. The molecule has 0 heterocycles. The van der Waals surface area contributed by atoms with Gasteiger partial charge in [0.25, 0.3) is 0 Å². The van der Waals surface area contributed by atoms with Crippen molar-refractivity contribution >= 4 is 11.8 Å². The summed E-state index contributed by atoms with van der Waals surface area (Å²) in [5.41, 5.74) is 0. The minimum atomic E-state index is 0. The molecule has 2 heteroatoms. The van der Waals surface area contributed by atoms with Crippen molar-refractivity contribution in [3.63, 3.8) is 0 Å². The van der Waals surface area contributed by atoms with Crippen LogP contribution in [0.2, 0.25) is 0 Å². The Morgan fingerprint density at radius 1 is 1.67 bits per heavy atom. The van der Waals surface area contributed by atoms with Gasteiger partial charge in [0, 0.05) is 32.7 Å². The summed E-state index contributed by atoms with van der Waals surface area (Å²) in [5, 5.41) is 0. The Balaban J connectivity index is -0.0000000275. The van der Waals surface area contributed by atoms with Gasteiger partial charge in [0.1, 0.15) is 0 Å². The molecule has 0 amide bonds. The summed E-state index contributed by atoms with van der Waals surface area (Å²) in [6, 6.07) is 0. The molecule has 0 aromatic rings. The molecule has 1 radical (unpaired) electrons. The maximum atomic E-state index is 4.25. The first-order valence-electron chi connectivity index (χ1n) is 1.11. The quantitative estimate of drug-likeness (QED) is 0.508. The first kappa shape index (κ1) is 15.7. The molecular weight excluding hydrogens is 169 g/mol. The molecule has 0 atom stereocenters. The van der Waals surface area contributed by atoms with Gasteiger partial charge >= 0.3 is 0 Å². The third-order valence-corrected chi connectivity index (χ3v) is 0. The number of rotatable bonds is 0. The maximum absolute atomic E-state index is 4.25. The van der Waals surface area contributed by atoms with Gasteiger partial charge in [-0.15, -0.1) is 0 Å². The van der Waals surface area contributed by atoms with Gasteiger partial charge in [0.15, 0.2) is 0 Å². The molecule has 0 spiro atoms. The zero-order valence-corrected chi connectivity index (χ0v) is 7.63. The Morgan fingerprint density at radius 3 is 1.67 bits per heavy atom. The van der Waals surface area contributed by atoms with Crippen molar-refractivity contribution in [1.29, 1.82) is 0 Å². The van der Waals surface area contributed by atoms with E-state index in [1.807, 2.05) is 6.26 Å². The van der Waals surface area contributed by atoms with E-state index in [-0.39, 0.29) is 32.7 Å². The Morgan fingerprint density at radius 2 is 1.67 bits per heavy atom. The fourth-order valence-electron chi connectivity index (χ4n) is 0. The van der Waals surface area contributed by atoms with Crippen molar-refractivity contribution < 1.29 is 32.7 Å². The molecule has 0 unspecified atom stereocenters. The molecular formula is C4H8SY-2. The fourth-order valence-corrected chi connectivity index (χ4v) is 0. The summed E-state index contributed by atoms with van der Waals surface area (Å²) in [4.78, 5) is 0. The van der Waals surface area contributed by atoms with Crippen molar-refractivity contribution in [2.45, 2.75) is 0 Å². The van der Waals surface area contributed by atoms with Crippen LogP contribution >= 0.6 is 11.8 Å². The second-order valence-corrected chi connectivity index (χ2v) is 0.866. The van der Waals surface area contributed by atoms with E-state index in [1.165, 1.54) is 11.8 Å². The maximum Gasteiger partial charge on any atom is 0 e. The van der Waals surface area contributed by atoms with Crippen LogP contribution in [0.5, 0.6) is 0 Å². The second-order valence-electron chi connectivity index (χ2n) is 0.289. The Hall–Kier alpha value is 1.19. The zero-order valence-electron chi connectivity index (χ0n) is 3.98. The van der Waals surface area contributed by atoms with Gasteiger partial charge in [-0.05, 0) is 6.26 Å². The molecule has 0 fully saturated rings. The predicted molar refractivity (Wildman–Crippen MR) is 28.8 cm³/mol. The summed E-state index contributed by atoms with van der Waals surface area (Å²) in [7, 11) is 0. The minimum Gasteiger partial charge on any atom is -0.521 e. The average molecular weight is 177 g/mol. The van der Waals surface area contributed by atoms with Crippen LogP contribution in [0.15, 0.2) is 6.58 Å². The summed E-state index contributed by atoms with van der Waals surface area (Å²) in [5.74, 6) is 0. The van der Waals surface area contributed by atoms with Gasteiger partial charge in [-0.2, -0.15) is 0 Å². The molecule has 0 nitrogen and oxygen atoms in total. The Kier molecular flexibility index (Phi) is 90.8. The minimum absolute atomic E-state index is 0. The van der Waals surface area contributed by atoms with Crippen molar-refractivity contribution in [1.82, 2.24) is 0 Å². The van der Waals surface area contributed by atoms with Crippen molar-refractivity contribution in [2.75, 3.05) is 6.26 Å². The largest absolute Gasteiger partial charge is 0.521 e. The molecule has 6 heavy (non-hydrogen) atoms. The molecule has 0 saturated heterocycles. The molecule has 0 N–H and O–H groups in total. The molecule has 0 aliphatic heterocycles. The molecule has 0 saturated carbocycles. The van der Waals surface area contributed by atoms with Crippen LogP contribution < -0.4 is 0 Å². The van der Waals surface area contributed by atoms with Crippen LogP contribution in [0.25, 0.3) is 0 Å². The average Bonchev–Trinajstić information content (AvgIpc) is 1.46. The third kappa shape index (κ3) is 64.1. The monoisotopic (exact) mass is 177 g/mol. The standard InChI is InChI=1S/C2H5S.C2H3.Y/c1-3-2;1-2;/h1H2,2H3;1H,2H2;/q2*-1;. The van der Waals surface area contributed by atoms with Crippen LogP contribution in [0, 0.1) is 12.8 Å². The molecule has 0 aromatic heterocycles. The van der Waals surface area contributed by atoms with Gasteiger partial charge < -0.3 is 18.3 Å². The van der Waals surface area contributed by atoms with Crippen molar-refractivity contribution in [2.24, 2.45) is 0 Å². The molecule has 0 bridgehead atoms. The zero-order chi connectivity index (χ0) is 4.71. The first-order valence-corrected chi connectivity index (χ1v) is 2.50. The van der Waals surface area contributed by atoms with E-state index in [1.54, 1.807) is 0 Å². The number of hydrogen-bond acceptors (Lipinski definition) is 1. The fraction of sp³-hybridized carbons (Fsp3) is 0.250. The third-order valence-electron chi connectivity index (χ3n) is 0. The number of thioether (sulfide) groups is 1. The van der Waals surface area contributed by atoms with E-state index in [2.05, 4.69) is 19.4 Å². The van der Waals surface area contributed by atoms with Gasteiger partial charge in [-0.3, -0.25) is 12.8 Å². The van der Waals surface area contributed by atoms with E-state index >= 15 is 0 Å². The first-order chi connectivity index (χ1) is 2.41. The van der Waals surface area contributed by atoms with Gasteiger partial charge in [0.05, 0.1) is 0 Å². The van der Waals surface area contributed by atoms with Crippen LogP contribution in [-0.2, 0) is 32.7 Å². The van der Waals surface area contributed by atoms with E-state index in [0.717, 1.165) is 0 Å². The summed E-state index contributed by atoms with van der Waals surface area (Å²) in [6.45, 7) is 7.00. The van der Waals surface area contributed by atoms with E-state index in [4.69, 9.17) is 0 Å². The van der Waals surface area contributed by atoms with Gasteiger partial charge in [-0.1, -0.05) is 0 Å². The van der Waals surface area contributed by atoms with Gasteiger partial charge in [-0.25, -0.2) is 0 Å².